The molecule has 42 heavy (non-hydrogen) atoms. The smallest absolute Gasteiger partial charge is 0.243 e. The highest BCUT2D eigenvalue weighted by molar-refractivity contribution is 7.93. The molecule has 1 rings (SSSR count). The lowest BCUT2D eigenvalue weighted by Crippen LogP contribution is -2.56. The number of nitrogens with zero attached hydrogens (tertiary/aromatic N) is 3. The second kappa shape index (κ2) is 18.9. The molecule has 4 atom stereocenters. The number of nitrogens with one attached hydrogen (secondary N) is 3. The number of amides is 3. The molecule has 0 radical (unpaired) electrons. The van der Waals surface area contributed by atoms with Crippen LogP contribution < -0.4 is 21.7 Å². The van der Waals surface area contributed by atoms with Crippen molar-refractivity contribution in [2.45, 2.75) is 90.4 Å². The van der Waals surface area contributed by atoms with Crippen LogP contribution in [0.5, 0.6) is 0 Å². The van der Waals surface area contributed by atoms with Crippen LogP contribution >= 0.6 is 0 Å². The first-order chi connectivity index (χ1) is 19.7. The third-order valence-electron chi connectivity index (χ3n) is 6.30. The van der Waals surface area contributed by atoms with E-state index in [1.54, 1.807) is 0 Å². The highest BCUT2D eigenvalue weighted by atomic mass is 32.2. The van der Waals surface area contributed by atoms with Gasteiger partial charge in [0.2, 0.25) is 17.7 Å². The van der Waals surface area contributed by atoms with E-state index in [-0.39, 0.29) is 18.3 Å². The zero-order valence-electron chi connectivity index (χ0n) is 25.3. The fourth-order valence-electron chi connectivity index (χ4n) is 4.28. The average molecular weight is 606 g/mol. The Bertz CT molecular complexity index is 1180. The molecule has 0 spiro atoms. The van der Waals surface area contributed by atoms with Crippen LogP contribution in [0.2, 0.25) is 0 Å². The summed E-state index contributed by atoms with van der Waals surface area (Å²) in [6.45, 7) is 8.10. The molecule has 0 saturated heterocycles. The van der Waals surface area contributed by atoms with E-state index in [0.717, 1.165) is 17.2 Å². The molecule has 12 nitrogen and oxygen atoms in total. The van der Waals surface area contributed by atoms with Crippen molar-refractivity contribution >= 4 is 27.6 Å². The minimum atomic E-state index is -3.41. The number of nitrogens with two attached hydrogens (primary N) is 1. The van der Waals surface area contributed by atoms with Crippen molar-refractivity contribution < 1.29 is 22.8 Å². The molecule has 0 saturated carbocycles. The summed E-state index contributed by atoms with van der Waals surface area (Å²) in [6, 6.07) is 5.56. The summed E-state index contributed by atoms with van der Waals surface area (Å²) in [5, 5.41) is 13.1. The average Bonchev–Trinajstić information content (AvgIpc) is 2.90. The Hall–Kier alpha value is -3.41. The standard InChI is InChI=1S/C29H47N7O5S/c1-20(2)17-24(27(37)32-23(13-9-10-15-30)14-16-42(5,40)41)33-28(38)25(18-21(3)4)34-29(39)26(35-36-31)19-22-11-7-6-8-12-22/h6-8,11-12,14,16,20-21,23-26H,9-10,13,15,17-19,30H2,1-5H3,(H,32,37)(H,33,38)(H,34,39)/b16-14+/t23-,24-,25-,26-/m0/s1. The molecule has 0 aromatic heterocycles. The second-order valence-corrected chi connectivity index (χ2v) is 13.3. The Morgan fingerprint density at radius 3 is 1.98 bits per heavy atom. The van der Waals surface area contributed by atoms with Crippen LogP contribution in [0, 0.1) is 11.8 Å². The number of carbonyl (C=O) groups is 3. The molecule has 0 unspecified atom stereocenters. The van der Waals surface area contributed by atoms with Gasteiger partial charge in [-0.25, -0.2) is 8.42 Å². The molecule has 234 valence electrons. The Balaban J connectivity index is 3.13. The maximum atomic E-state index is 13.5. The summed E-state index contributed by atoms with van der Waals surface area (Å²) in [7, 11) is -3.41. The van der Waals surface area contributed by atoms with E-state index in [4.69, 9.17) is 11.3 Å². The van der Waals surface area contributed by atoms with E-state index in [0.29, 0.717) is 38.6 Å². The summed E-state index contributed by atoms with van der Waals surface area (Å²) in [5.74, 6) is -1.52. The summed E-state index contributed by atoms with van der Waals surface area (Å²) >= 11 is 0. The Morgan fingerprint density at radius 2 is 1.48 bits per heavy atom. The highest BCUT2D eigenvalue weighted by Crippen LogP contribution is 2.12. The lowest BCUT2D eigenvalue weighted by Gasteiger charge is -2.27. The molecular weight excluding hydrogens is 558 g/mol. The third-order valence-corrected chi connectivity index (χ3v) is 6.95. The Labute approximate surface area is 249 Å². The maximum absolute atomic E-state index is 13.5. The van der Waals surface area contributed by atoms with Crippen LogP contribution in [0.25, 0.3) is 10.4 Å². The van der Waals surface area contributed by atoms with Crippen LogP contribution in [0.4, 0.5) is 0 Å². The number of rotatable bonds is 19. The molecule has 0 aliphatic rings. The molecule has 0 aliphatic carbocycles. The van der Waals surface area contributed by atoms with Crippen molar-refractivity contribution in [3.63, 3.8) is 0 Å². The molecule has 13 heteroatoms. The van der Waals surface area contributed by atoms with E-state index in [1.807, 2.05) is 58.0 Å². The summed E-state index contributed by atoms with van der Waals surface area (Å²) in [5.41, 5.74) is 15.4. The van der Waals surface area contributed by atoms with Crippen LogP contribution in [0.15, 0.2) is 46.9 Å². The normalized spacial score (nSPS) is 14.6. The molecular formula is C29H47N7O5S. The molecule has 0 bridgehead atoms. The van der Waals surface area contributed by atoms with Gasteiger partial charge in [-0.05, 0) is 68.0 Å². The molecule has 0 heterocycles. The largest absolute Gasteiger partial charge is 0.348 e. The zero-order valence-corrected chi connectivity index (χ0v) is 26.1. The van der Waals surface area contributed by atoms with Crippen molar-refractivity contribution in [2.75, 3.05) is 12.8 Å². The predicted octanol–water partition coefficient (Wildman–Crippen LogP) is 3.14. The lowest BCUT2D eigenvalue weighted by molar-refractivity contribution is -0.133. The van der Waals surface area contributed by atoms with Crippen LogP contribution in [-0.2, 0) is 30.6 Å². The fourth-order valence-corrected chi connectivity index (χ4v) is 4.75. The van der Waals surface area contributed by atoms with E-state index in [1.165, 1.54) is 6.08 Å². The number of unbranched alkanes of at least 4 members (excludes halogenated alkanes) is 1. The Morgan fingerprint density at radius 1 is 0.929 bits per heavy atom. The third kappa shape index (κ3) is 15.6. The molecule has 1 aromatic rings. The fraction of sp³-hybridized carbons (Fsp3) is 0.621. The second-order valence-electron chi connectivity index (χ2n) is 11.3. The minimum Gasteiger partial charge on any atom is -0.348 e. The first kappa shape index (κ1) is 36.6. The van der Waals surface area contributed by atoms with Crippen molar-refractivity contribution in [1.82, 2.24) is 16.0 Å². The van der Waals surface area contributed by atoms with Gasteiger partial charge >= 0.3 is 0 Å². The van der Waals surface area contributed by atoms with Crippen molar-refractivity contribution in [3.05, 3.63) is 57.8 Å². The maximum Gasteiger partial charge on any atom is 0.243 e. The molecule has 5 N–H and O–H groups in total. The van der Waals surface area contributed by atoms with E-state index in [2.05, 4.69) is 26.0 Å². The van der Waals surface area contributed by atoms with Crippen molar-refractivity contribution in [3.8, 4) is 0 Å². The number of azide groups is 1. The van der Waals surface area contributed by atoms with Crippen LogP contribution in [-0.4, -0.2) is 63.1 Å². The van der Waals surface area contributed by atoms with E-state index < -0.39 is 51.7 Å². The van der Waals surface area contributed by atoms with Gasteiger partial charge in [0.1, 0.15) is 18.1 Å². The minimum absolute atomic E-state index is 0.0264. The highest BCUT2D eigenvalue weighted by Gasteiger charge is 2.30. The van der Waals surface area contributed by atoms with Crippen LogP contribution in [0.3, 0.4) is 0 Å². The van der Waals surface area contributed by atoms with Crippen LogP contribution in [0.1, 0.15) is 65.4 Å². The topological polar surface area (TPSA) is 196 Å². The van der Waals surface area contributed by atoms with Gasteiger partial charge < -0.3 is 21.7 Å². The van der Waals surface area contributed by atoms with E-state index >= 15 is 0 Å². The first-order valence-electron chi connectivity index (χ1n) is 14.3. The van der Waals surface area contributed by atoms with Gasteiger partial charge in [-0.2, -0.15) is 0 Å². The molecule has 3 amide bonds. The number of hydrogen-bond acceptors (Lipinski definition) is 7. The Kier molecular flexibility index (Phi) is 16.5. The van der Waals surface area contributed by atoms with Gasteiger partial charge in [-0.1, -0.05) is 69.2 Å². The SMILES string of the molecule is CC(C)C[C@H](NC(=O)[C@H](Cc1ccccc1)N=[N+]=[N-])C(=O)N[C@@H](CC(C)C)C(=O)N[C@H](/C=C/S(C)(=O)=O)CCCCN. The van der Waals surface area contributed by atoms with Gasteiger partial charge in [0.15, 0.2) is 9.84 Å². The molecule has 1 aromatic carbocycles. The predicted molar refractivity (Wildman–Crippen MR) is 165 cm³/mol. The summed E-state index contributed by atoms with van der Waals surface area (Å²) in [6.07, 6.45) is 5.14. The lowest BCUT2D eigenvalue weighted by atomic mass is 9.99. The van der Waals surface area contributed by atoms with Crippen molar-refractivity contribution in [1.29, 1.82) is 0 Å². The van der Waals surface area contributed by atoms with Gasteiger partial charge in [0, 0.05) is 22.6 Å². The molecule has 0 fully saturated rings. The quantitative estimate of drug-likeness (QED) is 0.0808. The van der Waals surface area contributed by atoms with Crippen molar-refractivity contribution in [2.24, 2.45) is 22.7 Å². The van der Waals surface area contributed by atoms with E-state index in [9.17, 15) is 22.8 Å². The van der Waals surface area contributed by atoms with Gasteiger partial charge in [0.25, 0.3) is 0 Å². The monoisotopic (exact) mass is 605 g/mol. The number of benzene rings is 1. The van der Waals surface area contributed by atoms with Gasteiger partial charge in [-0.15, -0.1) is 0 Å². The van der Waals surface area contributed by atoms with Gasteiger partial charge in [-0.3, -0.25) is 14.4 Å². The number of hydrogen-bond donors (Lipinski definition) is 4. The number of carbonyl (C=O) groups excluding carboxylic acids is 3. The first-order valence-corrected chi connectivity index (χ1v) is 16.3. The summed E-state index contributed by atoms with van der Waals surface area (Å²) < 4.78 is 23.4. The zero-order chi connectivity index (χ0) is 31.7. The number of sulfone groups is 1. The summed E-state index contributed by atoms with van der Waals surface area (Å²) in [4.78, 5) is 42.8. The molecule has 0 aliphatic heterocycles. The van der Waals surface area contributed by atoms with Gasteiger partial charge in [0.05, 0.1) is 0 Å².